The van der Waals surface area contributed by atoms with Gasteiger partial charge in [-0.15, -0.1) is 10.2 Å². The van der Waals surface area contributed by atoms with Gasteiger partial charge in [0, 0.05) is 19.0 Å². The molecular weight excluding hydrogens is 415 g/mol. The molecule has 1 saturated carbocycles. The average Bonchev–Trinajstić information content (AvgIpc) is 3.50. The second-order valence-corrected chi connectivity index (χ2v) is 7.74. The molecule has 0 unspecified atom stereocenters. The topological polar surface area (TPSA) is 138 Å². The highest BCUT2D eigenvalue weighted by molar-refractivity contribution is 5.78. The van der Waals surface area contributed by atoms with Gasteiger partial charge in [0.15, 0.2) is 0 Å². The first-order valence-corrected chi connectivity index (χ1v) is 10.4. The van der Waals surface area contributed by atoms with E-state index in [-0.39, 0.29) is 40.6 Å². The van der Waals surface area contributed by atoms with E-state index in [1.807, 2.05) is 6.92 Å². The smallest absolute Gasteiger partial charge is 0.285 e. The van der Waals surface area contributed by atoms with Crippen LogP contribution in [0.25, 0.3) is 22.6 Å². The molecule has 5 rings (SSSR count). The number of hydrogen-bond acceptors (Lipinski definition) is 9. The molecule has 1 fully saturated rings. The number of hydrogen-bond donors (Lipinski definition) is 2. The summed E-state index contributed by atoms with van der Waals surface area (Å²) in [5, 5.41) is 11.0. The van der Waals surface area contributed by atoms with Gasteiger partial charge in [-0.2, -0.15) is 0 Å². The summed E-state index contributed by atoms with van der Waals surface area (Å²) in [7, 11) is 0. The molecule has 0 radical (unpaired) electrons. The Morgan fingerprint density at radius 1 is 1.28 bits per heavy atom. The normalized spacial score (nSPS) is 14.6. The fourth-order valence-electron chi connectivity index (χ4n) is 3.70. The van der Waals surface area contributed by atoms with Crippen LogP contribution >= 0.6 is 0 Å². The molecule has 0 aliphatic heterocycles. The summed E-state index contributed by atoms with van der Waals surface area (Å²) in [6.45, 7) is 3.63. The summed E-state index contributed by atoms with van der Waals surface area (Å²) >= 11 is 0. The van der Waals surface area contributed by atoms with Crippen molar-refractivity contribution in [3.05, 3.63) is 52.2 Å². The van der Waals surface area contributed by atoms with Gasteiger partial charge in [-0.1, -0.05) is 13.0 Å². The van der Waals surface area contributed by atoms with E-state index in [0.717, 1.165) is 12.8 Å². The molecule has 10 nitrogen and oxygen atoms in total. The monoisotopic (exact) mass is 436 g/mol. The lowest BCUT2D eigenvalue weighted by Gasteiger charge is -2.22. The minimum Gasteiger partial charge on any atom is -0.418 e. The van der Waals surface area contributed by atoms with Crippen LogP contribution in [0, 0.1) is 12.7 Å². The minimum atomic E-state index is -0.565. The van der Waals surface area contributed by atoms with Crippen molar-refractivity contribution in [2.24, 2.45) is 0 Å². The van der Waals surface area contributed by atoms with Crippen molar-refractivity contribution < 1.29 is 8.81 Å². The molecule has 0 spiro atoms. The highest BCUT2D eigenvalue weighted by Crippen LogP contribution is 2.37. The molecule has 0 saturated heterocycles. The summed E-state index contributed by atoms with van der Waals surface area (Å²) in [6, 6.07) is 5.69. The Kier molecular flexibility index (Phi) is 4.80. The van der Waals surface area contributed by atoms with Crippen LogP contribution in [0.5, 0.6) is 0 Å². The van der Waals surface area contributed by atoms with Gasteiger partial charge in [-0.3, -0.25) is 9.36 Å². The highest BCUT2D eigenvalue weighted by atomic mass is 19.1. The zero-order chi connectivity index (χ0) is 22.4. The van der Waals surface area contributed by atoms with E-state index in [4.69, 9.17) is 10.2 Å². The van der Waals surface area contributed by atoms with Gasteiger partial charge in [0.2, 0.25) is 11.7 Å². The molecule has 4 aromatic rings. The Morgan fingerprint density at radius 3 is 2.78 bits per heavy atom. The van der Waals surface area contributed by atoms with E-state index < -0.39 is 5.82 Å². The lowest BCUT2D eigenvalue weighted by molar-refractivity contribution is 0.528. The third kappa shape index (κ3) is 3.55. The second-order valence-electron chi connectivity index (χ2n) is 7.74. The van der Waals surface area contributed by atoms with Crippen molar-refractivity contribution in [3.63, 3.8) is 0 Å². The van der Waals surface area contributed by atoms with Crippen molar-refractivity contribution in [3.8, 4) is 11.7 Å². The zero-order valence-corrected chi connectivity index (χ0v) is 17.5. The molecule has 11 heteroatoms. The van der Waals surface area contributed by atoms with Crippen LogP contribution < -0.4 is 16.6 Å². The number of aromatic nitrogens is 6. The molecule has 1 aliphatic rings. The molecule has 0 amide bonds. The van der Waals surface area contributed by atoms with Crippen LogP contribution in [0.2, 0.25) is 0 Å². The molecule has 1 atom stereocenters. The zero-order valence-electron chi connectivity index (χ0n) is 17.5. The number of nitrogens with zero attached hydrogens (tertiary/aromatic N) is 6. The molecular formula is C21H21FN8O2. The van der Waals surface area contributed by atoms with Gasteiger partial charge >= 0.3 is 0 Å². The van der Waals surface area contributed by atoms with E-state index >= 15 is 0 Å². The SMILES string of the molecule is CC[C@H](Nc1cc(N)nc(-c2nnc(C)o2)n1)c1nc2cccc(F)c2c(=O)n1C1CC1. The fraction of sp³-hybridized carbons (Fsp3) is 0.333. The summed E-state index contributed by atoms with van der Waals surface area (Å²) < 4.78 is 21.4. The summed E-state index contributed by atoms with van der Waals surface area (Å²) in [6.07, 6.45) is 2.30. The molecule has 3 aromatic heterocycles. The van der Waals surface area contributed by atoms with Crippen LogP contribution in [-0.2, 0) is 0 Å². The fourth-order valence-corrected chi connectivity index (χ4v) is 3.70. The second kappa shape index (κ2) is 7.66. The lowest BCUT2D eigenvalue weighted by atomic mass is 10.1. The Morgan fingerprint density at radius 2 is 2.09 bits per heavy atom. The lowest BCUT2D eigenvalue weighted by Crippen LogP contribution is -2.29. The quantitative estimate of drug-likeness (QED) is 0.467. The minimum absolute atomic E-state index is 0.0113. The van der Waals surface area contributed by atoms with Gasteiger partial charge in [0.05, 0.1) is 11.6 Å². The maximum absolute atomic E-state index is 14.4. The number of benzene rings is 1. The number of anilines is 2. The largest absolute Gasteiger partial charge is 0.418 e. The molecule has 3 N–H and O–H groups in total. The van der Waals surface area contributed by atoms with Crippen LogP contribution in [0.3, 0.4) is 0 Å². The first-order chi connectivity index (χ1) is 15.4. The van der Waals surface area contributed by atoms with Gasteiger partial charge in [-0.25, -0.2) is 19.3 Å². The maximum atomic E-state index is 14.4. The Labute approximate surface area is 181 Å². The Balaban J connectivity index is 1.58. The van der Waals surface area contributed by atoms with Crippen molar-refractivity contribution in [2.45, 2.75) is 45.2 Å². The van der Waals surface area contributed by atoms with Crippen molar-refractivity contribution in [1.82, 2.24) is 29.7 Å². The van der Waals surface area contributed by atoms with E-state index in [2.05, 4.69) is 30.5 Å². The van der Waals surface area contributed by atoms with Crippen LogP contribution in [0.15, 0.2) is 33.5 Å². The van der Waals surface area contributed by atoms with Crippen LogP contribution in [0.4, 0.5) is 16.0 Å². The number of nitrogen functional groups attached to an aromatic ring is 1. The standard InChI is InChI=1S/C21H21FN8O2/c1-3-13(24-16-9-15(23)26-18(27-16)20-29-28-10(2)32-20)19-25-14-6-4-5-12(22)17(14)21(31)30(19)11-7-8-11/h4-6,9,11,13H,3,7-8H2,1-2H3,(H3,23,24,26,27)/t13-/m0/s1. The van der Waals surface area contributed by atoms with Crippen LogP contribution in [0.1, 0.15) is 50.0 Å². The number of rotatable bonds is 6. The van der Waals surface area contributed by atoms with Crippen molar-refractivity contribution in [1.29, 1.82) is 0 Å². The first kappa shape index (κ1) is 20.0. The molecule has 32 heavy (non-hydrogen) atoms. The van der Waals surface area contributed by atoms with Gasteiger partial charge < -0.3 is 15.5 Å². The number of aryl methyl sites for hydroxylation is 1. The number of halogens is 1. The van der Waals surface area contributed by atoms with E-state index in [9.17, 15) is 9.18 Å². The predicted octanol–water partition coefficient (Wildman–Crippen LogP) is 3.16. The molecule has 164 valence electrons. The third-order valence-electron chi connectivity index (χ3n) is 5.32. The highest BCUT2D eigenvalue weighted by Gasteiger charge is 2.31. The Hall–Kier alpha value is -3.89. The number of nitrogens with two attached hydrogens (primary N) is 1. The van der Waals surface area contributed by atoms with E-state index in [1.54, 1.807) is 29.7 Å². The summed E-state index contributed by atoms with van der Waals surface area (Å²) in [4.78, 5) is 26.5. The summed E-state index contributed by atoms with van der Waals surface area (Å²) in [5.74, 6) is 1.34. The van der Waals surface area contributed by atoms with Gasteiger partial charge in [-0.05, 0) is 31.4 Å². The van der Waals surface area contributed by atoms with Crippen LogP contribution in [-0.4, -0.2) is 29.7 Å². The molecule has 3 heterocycles. The van der Waals surface area contributed by atoms with Gasteiger partial charge in [0.1, 0.15) is 28.7 Å². The molecule has 0 bridgehead atoms. The first-order valence-electron chi connectivity index (χ1n) is 10.4. The van der Waals surface area contributed by atoms with Crippen molar-refractivity contribution in [2.75, 3.05) is 11.1 Å². The summed E-state index contributed by atoms with van der Waals surface area (Å²) in [5.41, 5.74) is 5.93. The van der Waals surface area contributed by atoms with E-state index in [1.165, 1.54) is 6.07 Å². The Bertz CT molecular complexity index is 1380. The molecule has 1 aliphatic carbocycles. The van der Waals surface area contributed by atoms with Gasteiger partial charge in [0.25, 0.3) is 11.4 Å². The third-order valence-corrected chi connectivity index (χ3v) is 5.32. The average molecular weight is 436 g/mol. The van der Waals surface area contributed by atoms with E-state index in [0.29, 0.717) is 29.5 Å². The van der Waals surface area contributed by atoms with Crippen molar-refractivity contribution >= 4 is 22.5 Å². The molecule has 1 aromatic carbocycles. The number of fused-ring (bicyclic) bond motifs is 1. The predicted molar refractivity (Wildman–Crippen MR) is 115 cm³/mol. The number of nitrogens with one attached hydrogen (secondary N) is 1. The maximum Gasteiger partial charge on any atom is 0.285 e.